The van der Waals surface area contributed by atoms with E-state index in [0.717, 1.165) is 41.4 Å². The summed E-state index contributed by atoms with van der Waals surface area (Å²) in [5, 5.41) is 31.0. The Morgan fingerprint density at radius 2 is 1.83 bits per heavy atom. The summed E-state index contributed by atoms with van der Waals surface area (Å²) in [5.41, 5.74) is 3.64. The molecule has 2 heterocycles. The topological polar surface area (TPSA) is 158 Å². The fourth-order valence-electron chi connectivity index (χ4n) is 5.36. The number of carbonyl (C=O) groups is 1. The first-order valence-electron chi connectivity index (χ1n) is 13.9. The van der Waals surface area contributed by atoms with Gasteiger partial charge >= 0.3 is 12.3 Å². The second-order valence-corrected chi connectivity index (χ2v) is 12.5. The van der Waals surface area contributed by atoms with Gasteiger partial charge in [-0.3, -0.25) is 0 Å². The quantitative estimate of drug-likeness (QED) is 0.210. The van der Waals surface area contributed by atoms with Gasteiger partial charge in [0.2, 0.25) is 10.0 Å². The monoisotopic (exact) mass is 620 g/mol. The predicted molar refractivity (Wildman–Crippen MR) is 164 cm³/mol. The number of urea groups is 1. The summed E-state index contributed by atoms with van der Waals surface area (Å²) in [4.78, 5) is 16.1. The number of carbonyl (C=O) groups excluding carboxylic acids is 1. The number of amides is 2. The van der Waals surface area contributed by atoms with Crippen LogP contribution in [0.4, 0.5) is 16.2 Å². The van der Waals surface area contributed by atoms with Crippen LogP contribution in [0, 0.1) is 5.92 Å². The molecule has 2 aromatic rings. The molecule has 1 fully saturated rings. The molecule has 14 heteroatoms. The highest BCUT2D eigenvalue weighted by Crippen LogP contribution is 2.31. The third kappa shape index (κ3) is 7.46. The first-order chi connectivity index (χ1) is 20.2. The van der Waals surface area contributed by atoms with Crippen LogP contribution in [0.15, 0.2) is 52.4 Å². The molecule has 0 aliphatic carbocycles. The number of aliphatic imine (C=N–C) groups is 1. The lowest BCUT2D eigenvalue weighted by molar-refractivity contribution is -0.533. The molecule has 2 aliphatic heterocycles. The number of halogens is 1. The maximum atomic E-state index is 13.2. The molecule has 228 valence electrons. The molecule has 12 nitrogen and oxygen atoms in total. The predicted octanol–water partition coefficient (Wildman–Crippen LogP) is 2.06. The number of rotatable bonds is 11. The molecule has 0 bridgehead atoms. The second kappa shape index (κ2) is 14.4. The Balaban J connectivity index is 1.50. The van der Waals surface area contributed by atoms with Gasteiger partial charge in [-0.2, -0.15) is 8.88 Å². The summed E-state index contributed by atoms with van der Waals surface area (Å²) < 4.78 is 29.6. The van der Waals surface area contributed by atoms with Crippen LogP contribution in [0.1, 0.15) is 30.9 Å². The van der Waals surface area contributed by atoms with Gasteiger partial charge in [-0.05, 0) is 55.3 Å². The maximum Gasteiger partial charge on any atom is 0.325 e. The average molecular weight is 621 g/mol. The summed E-state index contributed by atoms with van der Waals surface area (Å²) in [6, 6.07) is 12.4. The lowest BCUT2D eigenvalue weighted by atomic mass is 9.84. The van der Waals surface area contributed by atoms with Crippen LogP contribution >= 0.6 is 11.6 Å². The minimum atomic E-state index is -4.05. The van der Waals surface area contributed by atoms with Crippen molar-refractivity contribution in [2.45, 2.75) is 36.5 Å². The second-order valence-electron chi connectivity index (χ2n) is 10.2. The van der Waals surface area contributed by atoms with E-state index in [4.69, 9.17) is 11.6 Å². The number of sulfonamides is 1. The Bertz CT molecular complexity index is 1410. The van der Waals surface area contributed by atoms with E-state index in [2.05, 4.69) is 30.8 Å². The van der Waals surface area contributed by atoms with E-state index in [0.29, 0.717) is 11.6 Å². The van der Waals surface area contributed by atoms with Crippen molar-refractivity contribution in [1.29, 1.82) is 0 Å². The van der Waals surface area contributed by atoms with E-state index in [1.54, 1.807) is 13.1 Å². The summed E-state index contributed by atoms with van der Waals surface area (Å²) in [6.45, 7) is -0.214. The number of nitrogens with one attached hydrogen (secondary N) is 4. The standard InChI is InChI=1S/C28H38ClN7O5S/c1-30-28(39)34-21-5-3-19(4-6-21)24-17-20(9-11-31-24)25-10-12-32-27(35(25)2)33-22-7-8-23(29)26(18-22)42(40,41)36(13-15-37)14-16-38/h3-8,12,18,20,24,27,31,33,37-38H,9-11,13-17H2,1-2H3,(H-,30,34,39)/p+1. The average Bonchev–Trinajstić information content (AvgIpc) is 2.99. The first-order valence-corrected chi connectivity index (χ1v) is 15.7. The van der Waals surface area contributed by atoms with Crippen LogP contribution in [0.3, 0.4) is 0 Å². The number of anilines is 2. The van der Waals surface area contributed by atoms with E-state index in [-0.39, 0.29) is 48.3 Å². The van der Waals surface area contributed by atoms with E-state index in [1.807, 2.05) is 37.5 Å². The normalized spacial score (nSPS) is 21.0. The van der Waals surface area contributed by atoms with Gasteiger partial charge in [-0.25, -0.2) is 18.2 Å². The van der Waals surface area contributed by atoms with Gasteiger partial charge in [0.1, 0.15) is 11.9 Å². The third-order valence-corrected chi connectivity index (χ3v) is 9.96. The van der Waals surface area contributed by atoms with Crippen LogP contribution in [0.25, 0.3) is 0 Å². The summed E-state index contributed by atoms with van der Waals surface area (Å²) in [7, 11) is -0.491. The summed E-state index contributed by atoms with van der Waals surface area (Å²) in [5.74, 6) is 0.313. The Morgan fingerprint density at radius 3 is 2.50 bits per heavy atom. The molecule has 3 unspecified atom stereocenters. The van der Waals surface area contributed by atoms with Crippen molar-refractivity contribution < 1.29 is 28.0 Å². The highest BCUT2D eigenvalue weighted by molar-refractivity contribution is 7.89. The van der Waals surface area contributed by atoms with Crippen molar-refractivity contribution in [1.82, 2.24) is 14.9 Å². The highest BCUT2D eigenvalue weighted by atomic mass is 35.5. The SMILES string of the molecule is CNC(=O)Nc1ccc(C2CC(C3=[N+](C)C(Nc4ccc(Cl)c(S(=O)(=O)N(CCO)CCO)c4)N=CC3)CCN2)cc1. The van der Waals surface area contributed by atoms with Gasteiger partial charge < -0.3 is 31.5 Å². The van der Waals surface area contributed by atoms with Gasteiger partial charge in [0, 0.05) is 49.7 Å². The van der Waals surface area contributed by atoms with Gasteiger partial charge in [0.15, 0.2) is 5.71 Å². The maximum absolute atomic E-state index is 13.2. The third-order valence-electron chi connectivity index (χ3n) is 7.58. The molecule has 2 aromatic carbocycles. The summed E-state index contributed by atoms with van der Waals surface area (Å²) >= 11 is 6.29. The minimum absolute atomic E-state index is 0.0485. The number of aliphatic hydroxyl groups is 2. The van der Waals surface area contributed by atoms with Crippen molar-refractivity contribution in [3.05, 3.63) is 53.1 Å². The van der Waals surface area contributed by atoms with Crippen molar-refractivity contribution in [2.24, 2.45) is 10.9 Å². The molecule has 0 spiro atoms. The van der Waals surface area contributed by atoms with E-state index < -0.39 is 16.3 Å². The molecule has 2 amide bonds. The van der Waals surface area contributed by atoms with Crippen molar-refractivity contribution in [3.8, 4) is 0 Å². The molecule has 0 saturated carbocycles. The lowest BCUT2D eigenvalue weighted by Gasteiger charge is -2.31. The van der Waals surface area contributed by atoms with Gasteiger partial charge in [-0.1, -0.05) is 23.7 Å². The molecule has 3 atom stereocenters. The minimum Gasteiger partial charge on any atom is -0.395 e. The zero-order valence-corrected chi connectivity index (χ0v) is 25.3. The zero-order valence-electron chi connectivity index (χ0n) is 23.8. The molecule has 6 N–H and O–H groups in total. The lowest BCUT2D eigenvalue weighted by Crippen LogP contribution is -2.43. The Labute approximate surface area is 251 Å². The van der Waals surface area contributed by atoms with E-state index in [1.165, 1.54) is 17.8 Å². The van der Waals surface area contributed by atoms with Crippen molar-refractivity contribution in [3.63, 3.8) is 0 Å². The van der Waals surface area contributed by atoms with Crippen LogP contribution in [0.2, 0.25) is 5.02 Å². The fraction of sp³-hybridized carbons (Fsp3) is 0.464. The molecule has 4 rings (SSSR count). The number of hydrogen-bond donors (Lipinski definition) is 6. The number of aliphatic hydroxyl groups excluding tert-OH is 2. The highest BCUT2D eigenvalue weighted by Gasteiger charge is 2.34. The van der Waals surface area contributed by atoms with E-state index in [9.17, 15) is 23.4 Å². The van der Waals surface area contributed by atoms with Crippen molar-refractivity contribution in [2.75, 3.05) is 57.6 Å². The molecular weight excluding hydrogens is 582 g/mol. The van der Waals surface area contributed by atoms with Crippen LogP contribution < -0.4 is 21.3 Å². The van der Waals surface area contributed by atoms with Gasteiger partial charge in [-0.15, -0.1) is 0 Å². The van der Waals surface area contributed by atoms with Crippen molar-refractivity contribution >= 4 is 51.0 Å². The Morgan fingerprint density at radius 1 is 1.14 bits per heavy atom. The van der Waals surface area contributed by atoms with Crippen LogP contribution in [-0.4, -0.2) is 98.7 Å². The number of benzene rings is 2. The van der Waals surface area contributed by atoms with Crippen LogP contribution in [-0.2, 0) is 10.0 Å². The Hall–Kier alpha value is -3.07. The first kappa shape index (κ1) is 31.9. The molecular formula is C28H39ClN7O5S+. The molecule has 0 radical (unpaired) electrons. The zero-order chi connectivity index (χ0) is 30.3. The summed E-state index contributed by atoms with van der Waals surface area (Å²) in [6.07, 6.45) is 4.04. The van der Waals surface area contributed by atoms with E-state index >= 15 is 0 Å². The molecule has 2 aliphatic rings. The number of hydrogen-bond acceptors (Lipinski definition) is 8. The smallest absolute Gasteiger partial charge is 0.325 e. The largest absolute Gasteiger partial charge is 0.395 e. The molecule has 1 saturated heterocycles. The van der Waals surface area contributed by atoms with Gasteiger partial charge in [0.25, 0.3) is 0 Å². The van der Waals surface area contributed by atoms with Crippen LogP contribution in [0.5, 0.6) is 0 Å². The number of nitrogens with zero attached hydrogens (tertiary/aromatic N) is 3. The number of piperidine rings is 1. The molecule has 0 aromatic heterocycles. The molecule has 42 heavy (non-hydrogen) atoms. The Kier molecular flexibility index (Phi) is 10.9. The fourth-order valence-corrected chi connectivity index (χ4v) is 7.28. The van der Waals surface area contributed by atoms with Gasteiger partial charge in [0.05, 0.1) is 24.7 Å².